The summed E-state index contributed by atoms with van der Waals surface area (Å²) in [5.41, 5.74) is 5.68. The van der Waals surface area contributed by atoms with Crippen LogP contribution < -0.4 is 11.1 Å². The standard InChI is InChI=1S/C14H24N4O3/c1-6-14(4,5)16-12(19)9(3)18-8-10(15)11(17-18)13(20)21-7-2/h8-9H,6-7,15H2,1-5H3,(H,16,19). The highest BCUT2D eigenvalue weighted by Crippen LogP contribution is 2.16. The highest BCUT2D eigenvalue weighted by molar-refractivity contribution is 5.92. The Hall–Kier alpha value is -2.05. The van der Waals surface area contributed by atoms with Crippen molar-refractivity contribution >= 4 is 17.6 Å². The van der Waals surface area contributed by atoms with Gasteiger partial charge in [-0.15, -0.1) is 0 Å². The molecular weight excluding hydrogens is 272 g/mol. The van der Waals surface area contributed by atoms with Gasteiger partial charge in [-0.2, -0.15) is 5.10 Å². The van der Waals surface area contributed by atoms with Gasteiger partial charge in [-0.3, -0.25) is 9.48 Å². The van der Waals surface area contributed by atoms with Crippen LogP contribution in [0.4, 0.5) is 5.69 Å². The van der Waals surface area contributed by atoms with Crippen molar-refractivity contribution in [2.24, 2.45) is 0 Å². The van der Waals surface area contributed by atoms with Crippen molar-refractivity contribution in [1.82, 2.24) is 15.1 Å². The molecule has 0 bridgehead atoms. The second-order valence-electron chi connectivity index (χ2n) is 5.54. The average molecular weight is 296 g/mol. The van der Waals surface area contributed by atoms with E-state index in [2.05, 4.69) is 10.4 Å². The maximum Gasteiger partial charge on any atom is 0.361 e. The van der Waals surface area contributed by atoms with Crippen molar-refractivity contribution < 1.29 is 14.3 Å². The van der Waals surface area contributed by atoms with Crippen molar-refractivity contribution in [3.63, 3.8) is 0 Å². The summed E-state index contributed by atoms with van der Waals surface area (Å²) in [6, 6.07) is -0.568. The van der Waals surface area contributed by atoms with E-state index in [0.717, 1.165) is 6.42 Å². The predicted octanol–water partition coefficient (Wildman–Crippen LogP) is 1.51. The second kappa shape index (κ2) is 6.60. The average Bonchev–Trinajstić information content (AvgIpc) is 2.79. The predicted molar refractivity (Wildman–Crippen MR) is 79.8 cm³/mol. The monoisotopic (exact) mass is 296 g/mol. The first-order chi connectivity index (χ1) is 9.71. The number of aromatic nitrogens is 2. The molecule has 0 saturated heterocycles. The van der Waals surface area contributed by atoms with Gasteiger partial charge >= 0.3 is 5.97 Å². The van der Waals surface area contributed by atoms with Crippen molar-refractivity contribution in [2.45, 2.75) is 52.6 Å². The largest absolute Gasteiger partial charge is 0.461 e. The van der Waals surface area contributed by atoms with E-state index in [1.165, 1.54) is 10.9 Å². The van der Waals surface area contributed by atoms with Gasteiger partial charge in [0.05, 0.1) is 12.3 Å². The van der Waals surface area contributed by atoms with Gasteiger partial charge in [0.1, 0.15) is 6.04 Å². The molecule has 3 N–H and O–H groups in total. The molecule has 1 amide bonds. The number of amides is 1. The van der Waals surface area contributed by atoms with Gasteiger partial charge in [-0.1, -0.05) is 6.92 Å². The summed E-state index contributed by atoms with van der Waals surface area (Å²) in [6.45, 7) is 9.52. The molecule has 1 aromatic heterocycles. The van der Waals surface area contributed by atoms with Crippen molar-refractivity contribution in [3.8, 4) is 0 Å². The maximum atomic E-state index is 12.2. The molecule has 0 spiro atoms. The number of esters is 1. The van der Waals surface area contributed by atoms with E-state index in [-0.39, 0.29) is 29.4 Å². The van der Waals surface area contributed by atoms with Gasteiger partial charge in [0.2, 0.25) is 5.91 Å². The lowest BCUT2D eigenvalue weighted by Gasteiger charge is -2.26. The summed E-state index contributed by atoms with van der Waals surface area (Å²) in [6.07, 6.45) is 2.27. The normalized spacial score (nSPS) is 12.8. The van der Waals surface area contributed by atoms with Crippen molar-refractivity contribution in [2.75, 3.05) is 12.3 Å². The lowest BCUT2D eigenvalue weighted by atomic mass is 10.0. The Labute approximate surface area is 124 Å². The number of nitrogens with one attached hydrogen (secondary N) is 1. The van der Waals surface area contributed by atoms with Gasteiger partial charge in [0.15, 0.2) is 5.69 Å². The van der Waals surface area contributed by atoms with Gasteiger partial charge < -0.3 is 15.8 Å². The molecule has 0 aliphatic rings. The van der Waals surface area contributed by atoms with Gasteiger partial charge in [-0.25, -0.2) is 4.79 Å². The summed E-state index contributed by atoms with van der Waals surface area (Å²) in [5.74, 6) is -0.769. The smallest absolute Gasteiger partial charge is 0.361 e. The summed E-state index contributed by atoms with van der Waals surface area (Å²) < 4.78 is 6.24. The molecule has 1 heterocycles. The summed E-state index contributed by atoms with van der Waals surface area (Å²) >= 11 is 0. The molecule has 0 radical (unpaired) electrons. The van der Waals surface area contributed by atoms with Crippen LogP contribution in [0, 0.1) is 0 Å². The lowest BCUT2D eigenvalue weighted by molar-refractivity contribution is -0.125. The van der Waals surface area contributed by atoms with Crippen LogP contribution in [-0.2, 0) is 9.53 Å². The van der Waals surface area contributed by atoms with Crippen LogP contribution in [0.25, 0.3) is 0 Å². The molecule has 0 aliphatic heterocycles. The van der Waals surface area contributed by atoms with Crippen LogP contribution in [0.5, 0.6) is 0 Å². The third kappa shape index (κ3) is 4.21. The Kier molecular flexibility index (Phi) is 5.34. The Morgan fingerprint density at radius 1 is 1.48 bits per heavy atom. The maximum absolute atomic E-state index is 12.2. The number of hydrogen-bond donors (Lipinski definition) is 2. The molecule has 118 valence electrons. The van der Waals surface area contributed by atoms with Crippen LogP contribution in [0.15, 0.2) is 6.20 Å². The number of nitrogen functional groups attached to an aromatic ring is 1. The minimum atomic E-state index is -0.588. The second-order valence-corrected chi connectivity index (χ2v) is 5.54. The zero-order valence-electron chi connectivity index (χ0n) is 13.3. The first kappa shape index (κ1) is 17.0. The number of nitrogens with two attached hydrogens (primary N) is 1. The summed E-state index contributed by atoms with van der Waals surface area (Å²) in [7, 11) is 0. The fraction of sp³-hybridized carbons (Fsp3) is 0.643. The first-order valence-corrected chi connectivity index (χ1v) is 7.05. The molecule has 0 fully saturated rings. The van der Waals surface area contributed by atoms with Crippen LogP contribution in [0.1, 0.15) is 57.6 Å². The number of anilines is 1. The molecular formula is C14H24N4O3. The number of carbonyl (C=O) groups is 2. The molecule has 7 heteroatoms. The zero-order chi connectivity index (χ0) is 16.2. The van der Waals surface area contributed by atoms with E-state index in [1.807, 2.05) is 20.8 Å². The third-order valence-corrected chi connectivity index (χ3v) is 3.35. The van der Waals surface area contributed by atoms with E-state index in [0.29, 0.717) is 0 Å². The molecule has 21 heavy (non-hydrogen) atoms. The van der Waals surface area contributed by atoms with Gasteiger partial charge in [-0.05, 0) is 34.1 Å². The molecule has 1 aromatic rings. The Morgan fingerprint density at radius 2 is 2.10 bits per heavy atom. The fourth-order valence-electron chi connectivity index (χ4n) is 1.61. The highest BCUT2D eigenvalue weighted by Gasteiger charge is 2.25. The van der Waals surface area contributed by atoms with Gasteiger partial charge in [0.25, 0.3) is 0 Å². The minimum Gasteiger partial charge on any atom is -0.461 e. The fourth-order valence-corrected chi connectivity index (χ4v) is 1.61. The number of ether oxygens (including phenoxy) is 1. The molecule has 0 aromatic carbocycles. The molecule has 0 saturated carbocycles. The number of carbonyl (C=O) groups excluding carboxylic acids is 2. The Bertz CT molecular complexity index is 522. The first-order valence-electron chi connectivity index (χ1n) is 7.05. The molecule has 7 nitrogen and oxygen atoms in total. The number of hydrogen-bond acceptors (Lipinski definition) is 5. The Balaban J connectivity index is 2.89. The van der Waals surface area contributed by atoms with E-state index in [4.69, 9.17) is 10.5 Å². The van der Waals surface area contributed by atoms with E-state index >= 15 is 0 Å². The van der Waals surface area contributed by atoms with E-state index in [1.54, 1.807) is 13.8 Å². The molecule has 1 unspecified atom stereocenters. The summed E-state index contributed by atoms with van der Waals surface area (Å²) in [4.78, 5) is 23.9. The summed E-state index contributed by atoms with van der Waals surface area (Å²) in [5, 5.41) is 6.99. The lowest BCUT2D eigenvalue weighted by Crippen LogP contribution is -2.45. The molecule has 1 rings (SSSR count). The van der Waals surface area contributed by atoms with Crippen LogP contribution in [0.3, 0.4) is 0 Å². The zero-order valence-corrected chi connectivity index (χ0v) is 13.3. The van der Waals surface area contributed by atoms with Crippen molar-refractivity contribution in [1.29, 1.82) is 0 Å². The van der Waals surface area contributed by atoms with Crippen LogP contribution in [-0.4, -0.2) is 33.8 Å². The topological polar surface area (TPSA) is 99.2 Å². The van der Waals surface area contributed by atoms with E-state index < -0.39 is 12.0 Å². The van der Waals surface area contributed by atoms with Crippen LogP contribution >= 0.6 is 0 Å². The van der Waals surface area contributed by atoms with E-state index in [9.17, 15) is 9.59 Å². The molecule has 0 aliphatic carbocycles. The van der Waals surface area contributed by atoms with Gasteiger partial charge in [0, 0.05) is 11.7 Å². The number of nitrogens with zero attached hydrogens (tertiary/aromatic N) is 2. The molecule has 1 atom stereocenters. The minimum absolute atomic E-state index is 0.0336. The highest BCUT2D eigenvalue weighted by atomic mass is 16.5. The third-order valence-electron chi connectivity index (χ3n) is 3.35. The van der Waals surface area contributed by atoms with Crippen molar-refractivity contribution in [3.05, 3.63) is 11.9 Å². The SMILES string of the molecule is CCOC(=O)c1nn(C(C)C(=O)NC(C)(C)CC)cc1N. The number of rotatable bonds is 6. The Morgan fingerprint density at radius 3 is 2.62 bits per heavy atom. The van der Waals surface area contributed by atoms with Crippen LogP contribution in [0.2, 0.25) is 0 Å². The quantitative estimate of drug-likeness (QED) is 0.775.